The molecule has 72 valence electrons. The lowest BCUT2D eigenvalue weighted by molar-refractivity contribution is 0.180. The Hall–Kier alpha value is -0.710. The quantitative estimate of drug-likeness (QED) is 0.760. The van der Waals surface area contributed by atoms with Gasteiger partial charge in [0.1, 0.15) is 0 Å². The minimum Gasteiger partial charge on any atom is -0.383 e. The van der Waals surface area contributed by atoms with E-state index in [2.05, 4.69) is 4.98 Å². The Morgan fingerprint density at radius 2 is 2.46 bits per heavy atom. The lowest BCUT2D eigenvalue weighted by Crippen LogP contribution is -2.16. The fraction of sp³-hybridized carbons (Fsp3) is 0.375. The Morgan fingerprint density at radius 1 is 1.77 bits per heavy atom. The third-order valence-corrected chi connectivity index (χ3v) is 1.86. The van der Waals surface area contributed by atoms with E-state index in [1.165, 1.54) is 12.3 Å². The van der Waals surface area contributed by atoms with Gasteiger partial charge in [0.25, 0.3) is 0 Å². The van der Waals surface area contributed by atoms with E-state index in [0.717, 1.165) is 0 Å². The molecule has 0 aliphatic carbocycles. The van der Waals surface area contributed by atoms with Gasteiger partial charge in [-0.2, -0.15) is 4.39 Å². The standard InChI is InChI=1S/C8H10ClFN2O/c1-13-4-7(11)5-2-6(9)8(10)12-3-5/h2-3,7H,4,11H2,1H3/t7-/m0/s1. The average Bonchev–Trinajstić information content (AvgIpc) is 2.10. The molecule has 5 heteroatoms. The van der Waals surface area contributed by atoms with E-state index in [-0.39, 0.29) is 11.1 Å². The molecule has 1 aromatic rings. The van der Waals surface area contributed by atoms with Crippen LogP contribution in [0.3, 0.4) is 0 Å². The molecule has 1 aromatic heterocycles. The Labute approximate surface area is 80.7 Å². The van der Waals surface area contributed by atoms with Crippen molar-refractivity contribution in [1.29, 1.82) is 0 Å². The number of hydrogen-bond acceptors (Lipinski definition) is 3. The van der Waals surface area contributed by atoms with E-state index in [4.69, 9.17) is 22.1 Å². The number of nitrogens with zero attached hydrogens (tertiary/aromatic N) is 1. The van der Waals surface area contributed by atoms with E-state index >= 15 is 0 Å². The molecule has 0 unspecified atom stereocenters. The lowest BCUT2D eigenvalue weighted by atomic mass is 10.1. The predicted molar refractivity (Wildman–Crippen MR) is 48.0 cm³/mol. The fourth-order valence-corrected chi connectivity index (χ4v) is 1.09. The second-order valence-corrected chi connectivity index (χ2v) is 3.01. The Kier molecular flexibility index (Phi) is 3.59. The van der Waals surface area contributed by atoms with Crippen LogP contribution in [0.5, 0.6) is 0 Å². The van der Waals surface area contributed by atoms with Gasteiger partial charge in [0.2, 0.25) is 5.95 Å². The van der Waals surface area contributed by atoms with Crippen molar-refractivity contribution in [3.63, 3.8) is 0 Å². The van der Waals surface area contributed by atoms with Crippen molar-refractivity contribution in [3.05, 3.63) is 28.8 Å². The molecule has 0 saturated carbocycles. The number of ether oxygens (including phenoxy) is 1. The Balaban J connectivity index is 2.84. The van der Waals surface area contributed by atoms with Crippen LogP contribution in [0.15, 0.2) is 12.3 Å². The summed E-state index contributed by atoms with van der Waals surface area (Å²) in [5, 5.41) is -0.0240. The van der Waals surface area contributed by atoms with Gasteiger partial charge >= 0.3 is 0 Å². The molecule has 0 spiro atoms. The zero-order valence-corrected chi connectivity index (χ0v) is 7.88. The van der Waals surface area contributed by atoms with Crippen LogP contribution in [0, 0.1) is 5.95 Å². The van der Waals surface area contributed by atoms with Gasteiger partial charge in [-0.3, -0.25) is 0 Å². The van der Waals surface area contributed by atoms with Crippen molar-refractivity contribution in [1.82, 2.24) is 4.98 Å². The highest BCUT2D eigenvalue weighted by atomic mass is 35.5. The maximum absolute atomic E-state index is 12.6. The number of aromatic nitrogens is 1. The van der Waals surface area contributed by atoms with Gasteiger partial charge in [-0.05, 0) is 11.6 Å². The molecule has 1 heterocycles. The van der Waals surface area contributed by atoms with Crippen LogP contribution < -0.4 is 5.73 Å². The summed E-state index contributed by atoms with van der Waals surface area (Å²) in [6.07, 6.45) is 1.35. The maximum atomic E-state index is 12.6. The molecule has 13 heavy (non-hydrogen) atoms. The van der Waals surface area contributed by atoms with Crippen LogP contribution in [-0.4, -0.2) is 18.7 Å². The van der Waals surface area contributed by atoms with Gasteiger partial charge < -0.3 is 10.5 Å². The van der Waals surface area contributed by atoms with E-state index in [1.54, 1.807) is 7.11 Å². The SMILES string of the molecule is COC[C@H](N)c1cnc(F)c(Cl)c1. The highest BCUT2D eigenvalue weighted by molar-refractivity contribution is 6.30. The first kappa shape index (κ1) is 10.4. The van der Waals surface area contributed by atoms with Gasteiger partial charge in [0, 0.05) is 13.3 Å². The second kappa shape index (κ2) is 4.50. The first-order valence-electron chi connectivity index (χ1n) is 3.70. The topological polar surface area (TPSA) is 48.1 Å². The Morgan fingerprint density at radius 3 is 3.00 bits per heavy atom. The van der Waals surface area contributed by atoms with E-state index in [9.17, 15) is 4.39 Å². The summed E-state index contributed by atoms with van der Waals surface area (Å²) in [6, 6.07) is 1.13. The zero-order valence-electron chi connectivity index (χ0n) is 7.13. The van der Waals surface area contributed by atoms with Gasteiger partial charge in [-0.15, -0.1) is 0 Å². The molecule has 0 aliphatic heterocycles. The van der Waals surface area contributed by atoms with Gasteiger partial charge in [-0.1, -0.05) is 11.6 Å². The number of rotatable bonds is 3. The molecule has 0 radical (unpaired) electrons. The number of methoxy groups -OCH3 is 1. The van der Waals surface area contributed by atoms with Crippen molar-refractivity contribution in [2.45, 2.75) is 6.04 Å². The molecule has 0 amide bonds. The molecule has 1 atom stereocenters. The van der Waals surface area contributed by atoms with E-state index in [0.29, 0.717) is 12.2 Å². The van der Waals surface area contributed by atoms with Crippen molar-refractivity contribution in [2.75, 3.05) is 13.7 Å². The van der Waals surface area contributed by atoms with Crippen LogP contribution in [0.25, 0.3) is 0 Å². The first-order valence-corrected chi connectivity index (χ1v) is 4.08. The molecule has 0 aliphatic rings. The first-order chi connectivity index (χ1) is 6.15. The molecular formula is C8H10ClFN2O. The molecule has 0 aromatic carbocycles. The van der Waals surface area contributed by atoms with Crippen LogP contribution in [0.4, 0.5) is 4.39 Å². The van der Waals surface area contributed by atoms with Crippen LogP contribution in [-0.2, 0) is 4.74 Å². The minimum absolute atomic E-state index is 0.0240. The summed E-state index contributed by atoms with van der Waals surface area (Å²) >= 11 is 5.52. The van der Waals surface area contributed by atoms with Gasteiger partial charge in [0.15, 0.2) is 0 Å². The number of pyridine rings is 1. The van der Waals surface area contributed by atoms with Crippen molar-refractivity contribution >= 4 is 11.6 Å². The minimum atomic E-state index is -0.685. The van der Waals surface area contributed by atoms with Crippen molar-refractivity contribution in [2.24, 2.45) is 5.73 Å². The summed E-state index contributed by atoms with van der Waals surface area (Å²) in [6.45, 7) is 0.351. The van der Waals surface area contributed by atoms with Crippen LogP contribution in [0.1, 0.15) is 11.6 Å². The number of nitrogens with two attached hydrogens (primary N) is 1. The summed E-state index contributed by atoms with van der Waals surface area (Å²) in [5.74, 6) is -0.685. The van der Waals surface area contributed by atoms with Gasteiger partial charge in [0.05, 0.1) is 17.7 Å². The number of halogens is 2. The Bertz CT molecular complexity index is 295. The fourth-order valence-electron chi connectivity index (χ4n) is 0.915. The van der Waals surface area contributed by atoms with E-state index < -0.39 is 5.95 Å². The smallest absolute Gasteiger partial charge is 0.231 e. The third-order valence-electron chi connectivity index (χ3n) is 1.59. The predicted octanol–water partition coefficient (Wildman–Crippen LogP) is 1.52. The van der Waals surface area contributed by atoms with Crippen LogP contribution in [0.2, 0.25) is 5.02 Å². The number of hydrogen-bond donors (Lipinski definition) is 1. The van der Waals surface area contributed by atoms with Crippen molar-refractivity contribution in [3.8, 4) is 0 Å². The summed E-state index contributed by atoms with van der Waals surface area (Å²) < 4.78 is 17.5. The molecule has 1 rings (SSSR count). The maximum Gasteiger partial charge on any atom is 0.231 e. The molecule has 0 fully saturated rings. The largest absolute Gasteiger partial charge is 0.383 e. The molecular weight excluding hydrogens is 195 g/mol. The molecule has 0 saturated heterocycles. The lowest BCUT2D eigenvalue weighted by Gasteiger charge is -2.10. The van der Waals surface area contributed by atoms with Crippen LogP contribution >= 0.6 is 11.6 Å². The van der Waals surface area contributed by atoms with E-state index in [1.807, 2.05) is 0 Å². The summed E-state index contributed by atoms with van der Waals surface area (Å²) in [5.41, 5.74) is 6.34. The highest BCUT2D eigenvalue weighted by Crippen LogP contribution is 2.17. The highest BCUT2D eigenvalue weighted by Gasteiger charge is 2.08. The zero-order chi connectivity index (χ0) is 9.84. The van der Waals surface area contributed by atoms with Crippen molar-refractivity contribution < 1.29 is 9.13 Å². The third kappa shape index (κ3) is 2.62. The monoisotopic (exact) mass is 204 g/mol. The summed E-state index contributed by atoms with van der Waals surface area (Å²) in [7, 11) is 1.54. The molecule has 2 N–H and O–H groups in total. The normalized spacial score (nSPS) is 12.9. The van der Waals surface area contributed by atoms with Gasteiger partial charge in [-0.25, -0.2) is 4.98 Å². The summed E-state index contributed by atoms with van der Waals surface area (Å²) in [4.78, 5) is 3.45. The average molecular weight is 205 g/mol. The second-order valence-electron chi connectivity index (χ2n) is 2.60. The molecule has 3 nitrogen and oxygen atoms in total. The molecule has 0 bridgehead atoms.